The highest BCUT2D eigenvalue weighted by Crippen LogP contribution is 2.07. The molecule has 0 spiro atoms. The van der Waals surface area contributed by atoms with Crippen LogP contribution in [0.5, 0.6) is 5.88 Å². The molecule has 144 valence electrons. The van der Waals surface area contributed by atoms with Crippen molar-refractivity contribution in [3.05, 3.63) is 23.9 Å². The molecule has 1 heterocycles. The van der Waals surface area contributed by atoms with Crippen LogP contribution in [-0.2, 0) is 6.54 Å². The number of hydrogen-bond donors (Lipinski definition) is 2. The first-order valence-electron chi connectivity index (χ1n) is 8.74. The molecule has 0 radical (unpaired) electrons. The predicted octanol–water partition coefficient (Wildman–Crippen LogP) is 2.88. The monoisotopic (exact) mass is 463 g/mol. The number of pyridine rings is 1. The third-order valence-corrected chi connectivity index (χ3v) is 3.76. The molecule has 0 aliphatic heterocycles. The Balaban J connectivity index is 0.00000576. The van der Waals surface area contributed by atoms with E-state index in [1.807, 2.05) is 12.1 Å². The average molecular weight is 463 g/mol. The summed E-state index contributed by atoms with van der Waals surface area (Å²) in [5, 5.41) is 6.69. The van der Waals surface area contributed by atoms with Gasteiger partial charge in [-0.2, -0.15) is 0 Å². The lowest BCUT2D eigenvalue weighted by Gasteiger charge is -2.30. The van der Waals surface area contributed by atoms with E-state index in [0.29, 0.717) is 24.5 Å². The first-order chi connectivity index (χ1) is 11.5. The Hall–Kier alpha value is -1.09. The van der Waals surface area contributed by atoms with Gasteiger partial charge in [0.05, 0.1) is 13.7 Å². The summed E-state index contributed by atoms with van der Waals surface area (Å²) in [6.07, 6.45) is 1.80. The van der Waals surface area contributed by atoms with E-state index in [-0.39, 0.29) is 24.0 Å². The average Bonchev–Trinajstić information content (AvgIpc) is 2.56. The number of aromatic nitrogens is 1. The van der Waals surface area contributed by atoms with Gasteiger partial charge in [-0.1, -0.05) is 6.07 Å². The molecule has 1 rings (SSSR count). The van der Waals surface area contributed by atoms with E-state index in [1.165, 1.54) is 0 Å². The molecule has 6 nitrogen and oxygen atoms in total. The summed E-state index contributed by atoms with van der Waals surface area (Å²) >= 11 is 0. The van der Waals surface area contributed by atoms with Gasteiger partial charge in [0.2, 0.25) is 5.88 Å². The highest BCUT2D eigenvalue weighted by molar-refractivity contribution is 14.0. The van der Waals surface area contributed by atoms with Crippen molar-refractivity contribution in [2.24, 2.45) is 4.99 Å². The minimum atomic E-state index is 0. The van der Waals surface area contributed by atoms with Gasteiger partial charge in [0.15, 0.2) is 5.96 Å². The lowest BCUT2D eigenvalue weighted by atomic mass is 10.2. The zero-order valence-corrected chi connectivity index (χ0v) is 18.7. The van der Waals surface area contributed by atoms with Gasteiger partial charge in [0, 0.05) is 44.0 Å². The molecule has 0 atom stereocenters. The number of nitrogens with zero attached hydrogens (tertiary/aromatic N) is 3. The highest BCUT2D eigenvalue weighted by atomic mass is 127. The number of rotatable bonds is 9. The van der Waals surface area contributed by atoms with E-state index in [0.717, 1.165) is 31.2 Å². The van der Waals surface area contributed by atoms with Gasteiger partial charge in [-0.25, -0.2) is 9.98 Å². The summed E-state index contributed by atoms with van der Waals surface area (Å²) in [6, 6.07) is 4.92. The van der Waals surface area contributed by atoms with Crippen LogP contribution in [0.25, 0.3) is 0 Å². The largest absolute Gasteiger partial charge is 0.481 e. The molecule has 0 unspecified atom stereocenters. The number of guanidine groups is 1. The van der Waals surface area contributed by atoms with Gasteiger partial charge in [-0.15, -0.1) is 24.0 Å². The zero-order chi connectivity index (χ0) is 17.9. The highest BCUT2D eigenvalue weighted by Gasteiger charge is 2.12. The number of aliphatic imine (C=N–C) groups is 1. The second-order valence-electron chi connectivity index (χ2n) is 6.26. The summed E-state index contributed by atoms with van der Waals surface area (Å²) in [5.41, 5.74) is 1.05. The molecular weight excluding hydrogens is 429 g/mol. The third-order valence-electron chi connectivity index (χ3n) is 3.76. The summed E-state index contributed by atoms with van der Waals surface area (Å²) < 4.78 is 5.07. The van der Waals surface area contributed by atoms with Crippen LogP contribution >= 0.6 is 24.0 Å². The summed E-state index contributed by atoms with van der Waals surface area (Å²) in [4.78, 5) is 11.3. The van der Waals surface area contributed by atoms with Crippen LogP contribution in [0.15, 0.2) is 23.3 Å². The maximum atomic E-state index is 5.07. The molecule has 2 N–H and O–H groups in total. The van der Waals surface area contributed by atoms with Crippen LogP contribution in [0.1, 0.15) is 40.2 Å². The molecule has 7 heteroatoms. The molecule has 0 bridgehead atoms. The van der Waals surface area contributed by atoms with Crippen molar-refractivity contribution in [1.29, 1.82) is 0 Å². The van der Waals surface area contributed by atoms with Gasteiger partial charge in [-0.3, -0.25) is 4.90 Å². The molecule has 0 saturated heterocycles. The maximum absolute atomic E-state index is 5.07. The fourth-order valence-electron chi connectivity index (χ4n) is 2.55. The van der Waals surface area contributed by atoms with Crippen molar-refractivity contribution in [2.45, 2.75) is 53.2 Å². The topological polar surface area (TPSA) is 61.8 Å². The Kier molecular flexibility index (Phi) is 12.6. The molecule has 0 fully saturated rings. The smallest absolute Gasteiger partial charge is 0.212 e. The molecule has 0 aromatic carbocycles. The van der Waals surface area contributed by atoms with Crippen molar-refractivity contribution >= 4 is 29.9 Å². The SMILES string of the molecule is CCNC(=NCc1ccc(OC)nc1)NCCN(C(C)C)C(C)C.I. The van der Waals surface area contributed by atoms with Gasteiger partial charge in [0.1, 0.15) is 0 Å². The predicted molar refractivity (Wildman–Crippen MR) is 116 cm³/mol. The van der Waals surface area contributed by atoms with E-state index in [2.05, 4.69) is 60.1 Å². The van der Waals surface area contributed by atoms with Crippen molar-refractivity contribution in [3.63, 3.8) is 0 Å². The summed E-state index contributed by atoms with van der Waals surface area (Å²) in [6.45, 7) is 14.3. The van der Waals surface area contributed by atoms with E-state index in [1.54, 1.807) is 13.3 Å². The molecule has 0 saturated carbocycles. The van der Waals surface area contributed by atoms with Gasteiger partial charge in [0.25, 0.3) is 0 Å². The first kappa shape index (κ1) is 23.9. The van der Waals surface area contributed by atoms with E-state index in [4.69, 9.17) is 4.74 Å². The Labute approximate surface area is 169 Å². The van der Waals surface area contributed by atoms with Crippen LogP contribution in [0.2, 0.25) is 0 Å². The molecule has 0 aliphatic carbocycles. The minimum Gasteiger partial charge on any atom is -0.481 e. The van der Waals surface area contributed by atoms with Crippen LogP contribution in [0.3, 0.4) is 0 Å². The van der Waals surface area contributed by atoms with Crippen molar-refractivity contribution in [2.75, 3.05) is 26.7 Å². The van der Waals surface area contributed by atoms with Gasteiger partial charge < -0.3 is 15.4 Å². The van der Waals surface area contributed by atoms with Gasteiger partial charge >= 0.3 is 0 Å². The van der Waals surface area contributed by atoms with E-state index >= 15 is 0 Å². The van der Waals surface area contributed by atoms with Crippen LogP contribution in [0.4, 0.5) is 0 Å². The number of nitrogens with one attached hydrogen (secondary N) is 2. The zero-order valence-electron chi connectivity index (χ0n) is 16.4. The number of methoxy groups -OCH3 is 1. The van der Waals surface area contributed by atoms with Gasteiger partial charge in [-0.05, 0) is 40.2 Å². The van der Waals surface area contributed by atoms with Crippen molar-refractivity contribution in [3.8, 4) is 5.88 Å². The van der Waals surface area contributed by atoms with Crippen molar-refractivity contribution in [1.82, 2.24) is 20.5 Å². The molecule has 0 amide bonds. The lowest BCUT2D eigenvalue weighted by Crippen LogP contribution is -2.45. The molecule has 1 aromatic rings. The molecule has 25 heavy (non-hydrogen) atoms. The maximum Gasteiger partial charge on any atom is 0.212 e. The summed E-state index contributed by atoms with van der Waals surface area (Å²) in [5.74, 6) is 1.45. The van der Waals surface area contributed by atoms with Crippen LogP contribution in [0, 0.1) is 0 Å². The first-order valence-corrected chi connectivity index (χ1v) is 8.74. The number of hydrogen-bond acceptors (Lipinski definition) is 4. The molecular formula is C18H34IN5O. The quantitative estimate of drug-likeness (QED) is 0.335. The Morgan fingerprint density at radius 2 is 1.88 bits per heavy atom. The molecule has 1 aromatic heterocycles. The second-order valence-corrected chi connectivity index (χ2v) is 6.26. The fraction of sp³-hybridized carbons (Fsp3) is 0.667. The summed E-state index contributed by atoms with van der Waals surface area (Å²) in [7, 11) is 1.62. The van der Waals surface area contributed by atoms with Crippen LogP contribution < -0.4 is 15.4 Å². The standard InChI is InChI=1S/C18H33N5O.HI/c1-7-19-18(20-10-11-23(14(2)3)15(4)5)22-13-16-8-9-17(24-6)21-12-16;/h8-9,12,14-15H,7,10-11,13H2,1-6H3,(H2,19,20,22);1H. The Morgan fingerprint density at radius 3 is 2.36 bits per heavy atom. The van der Waals surface area contributed by atoms with Crippen LogP contribution in [-0.4, -0.2) is 54.7 Å². The minimum absolute atomic E-state index is 0. The second kappa shape index (κ2) is 13.2. The molecule has 0 aliphatic rings. The Bertz CT molecular complexity index is 483. The number of ether oxygens (including phenoxy) is 1. The van der Waals surface area contributed by atoms with E-state index < -0.39 is 0 Å². The normalized spacial score (nSPS) is 11.6. The number of halogens is 1. The third kappa shape index (κ3) is 9.25. The van der Waals surface area contributed by atoms with E-state index in [9.17, 15) is 0 Å². The Morgan fingerprint density at radius 1 is 1.20 bits per heavy atom. The van der Waals surface area contributed by atoms with Crippen molar-refractivity contribution < 1.29 is 4.74 Å². The lowest BCUT2D eigenvalue weighted by molar-refractivity contribution is 0.178. The fourth-order valence-corrected chi connectivity index (χ4v) is 2.55.